The third-order valence-electron chi connectivity index (χ3n) is 4.70. The van der Waals surface area contributed by atoms with Crippen molar-refractivity contribution >= 4 is 11.6 Å². The lowest BCUT2D eigenvalue weighted by Gasteiger charge is -2.17. The van der Waals surface area contributed by atoms with E-state index in [9.17, 15) is 5.11 Å². The molecule has 2 N–H and O–H groups in total. The van der Waals surface area contributed by atoms with E-state index >= 15 is 0 Å². The first-order chi connectivity index (χ1) is 10.6. The smallest absolute Gasteiger partial charge is 0.0785 e. The van der Waals surface area contributed by atoms with Crippen LogP contribution in [0.2, 0.25) is 0 Å². The third kappa shape index (κ3) is 18.7. The Kier molecular flexibility index (Phi) is 21.1. The van der Waals surface area contributed by atoms with E-state index in [2.05, 4.69) is 13.8 Å². The average molecular weight is 370 g/mol. The standard InChI is InChI=1S/C19H40ClNO.ClH/c1-4-21(5-2)17-16-19(20)15-13-11-9-7-6-8-10-12-14-18(3)22;/h18-19,22H,4-17H2,1-3H3;1H. The molecule has 142 valence electrons. The molecule has 0 amide bonds. The lowest BCUT2D eigenvalue weighted by molar-refractivity contribution is -0.896. The van der Waals surface area contributed by atoms with E-state index in [0.717, 1.165) is 6.42 Å². The van der Waals surface area contributed by atoms with Gasteiger partial charge in [0.1, 0.15) is 0 Å². The summed E-state index contributed by atoms with van der Waals surface area (Å²) in [5.41, 5.74) is 0. The zero-order chi connectivity index (χ0) is 16.6. The van der Waals surface area contributed by atoms with Gasteiger partial charge >= 0.3 is 0 Å². The monoisotopic (exact) mass is 369 g/mol. The van der Waals surface area contributed by atoms with Crippen LogP contribution < -0.4 is 17.3 Å². The summed E-state index contributed by atoms with van der Waals surface area (Å²) in [7, 11) is 0. The van der Waals surface area contributed by atoms with E-state index in [0.29, 0.717) is 5.38 Å². The van der Waals surface area contributed by atoms with Crippen LogP contribution in [0, 0.1) is 0 Å². The summed E-state index contributed by atoms with van der Waals surface area (Å²) in [5.74, 6) is 0. The number of unbranched alkanes of at least 4 members (excludes halogenated alkanes) is 7. The fourth-order valence-electron chi connectivity index (χ4n) is 2.97. The highest BCUT2D eigenvalue weighted by Gasteiger charge is 2.09. The average Bonchev–Trinajstić information content (AvgIpc) is 2.49. The number of nitrogens with one attached hydrogen (secondary N) is 1. The van der Waals surface area contributed by atoms with E-state index < -0.39 is 0 Å². The van der Waals surface area contributed by atoms with Crippen LogP contribution in [-0.2, 0) is 0 Å². The Hall–Kier alpha value is 0.500. The largest absolute Gasteiger partial charge is 1.00 e. The number of quaternary nitrogens is 1. The van der Waals surface area contributed by atoms with Crippen LogP contribution in [0.4, 0.5) is 0 Å². The van der Waals surface area contributed by atoms with Crippen LogP contribution in [0.15, 0.2) is 0 Å². The summed E-state index contributed by atoms with van der Waals surface area (Å²) < 4.78 is 0. The lowest BCUT2D eigenvalue weighted by atomic mass is 10.0. The molecule has 0 heterocycles. The molecule has 0 aromatic carbocycles. The molecule has 2 atom stereocenters. The van der Waals surface area contributed by atoms with Gasteiger partial charge in [0, 0.05) is 11.8 Å². The molecule has 0 rings (SSSR count). The molecule has 0 saturated heterocycles. The molecule has 23 heavy (non-hydrogen) atoms. The fraction of sp³-hybridized carbons (Fsp3) is 1.00. The number of aliphatic hydroxyl groups excluding tert-OH is 1. The minimum atomic E-state index is -0.119. The molecule has 2 unspecified atom stereocenters. The van der Waals surface area contributed by atoms with Crippen molar-refractivity contribution in [2.24, 2.45) is 0 Å². The van der Waals surface area contributed by atoms with E-state index in [1.807, 2.05) is 6.92 Å². The van der Waals surface area contributed by atoms with Crippen molar-refractivity contribution in [1.29, 1.82) is 0 Å². The minimum absolute atomic E-state index is 0. The number of aliphatic hydroxyl groups is 1. The molecule has 4 heteroatoms. The van der Waals surface area contributed by atoms with Crippen molar-refractivity contribution in [2.45, 2.75) is 103 Å². The quantitative estimate of drug-likeness (QED) is 0.310. The van der Waals surface area contributed by atoms with Gasteiger partial charge in [-0.3, -0.25) is 0 Å². The van der Waals surface area contributed by atoms with Gasteiger partial charge < -0.3 is 22.4 Å². The Morgan fingerprint density at radius 3 is 1.65 bits per heavy atom. The van der Waals surface area contributed by atoms with Crippen LogP contribution in [0.3, 0.4) is 0 Å². The minimum Gasteiger partial charge on any atom is -1.00 e. The summed E-state index contributed by atoms with van der Waals surface area (Å²) >= 11 is 6.43. The van der Waals surface area contributed by atoms with E-state index in [-0.39, 0.29) is 18.5 Å². The Labute approximate surface area is 156 Å². The summed E-state index contributed by atoms with van der Waals surface area (Å²) in [6, 6.07) is 0. The second-order valence-electron chi connectivity index (χ2n) is 6.85. The Balaban J connectivity index is 0. The Morgan fingerprint density at radius 2 is 1.22 bits per heavy atom. The van der Waals surface area contributed by atoms with E-state index in [1.54, 1.807) is 4.90 Å². The van der Waals surface area contributed by atoms with Crippen molar-refractivity contribution in [3.05, 3.63) is 0 Å². The van der Waals surface area contributed by atoms with Gasteiger partial charge in [-0.1, -0.05) is 51.4 Å². The number of rotatable bonds is 16. The van der Waals surface area contributed by atoms with E-state index in [4.69, 9.17) is 11.6 Å². The summed E-state index contributed by atoms with van der Waals surface area (Å²) in [6.07, 6.45) is 13.7. The van der Waals surface area contributed by atoms with Gasteiger partial charge in [0.2, 0.25) is 0 Å². The highest BCUT2D eigenvalue weighted by atomic mass is 35.5. The zero-order valence-electron chi connectivity index (χ0n) is 15.8. The SMILES string of the molecule is CC[NH+](CC)CCC(Cl)CCCCCCCCCCC(C)O.[Cl-]. The lowest BCUT2D eigenvalue weighted by Crippen LogP contribution is -3.11. The van der Waals surface area contributed by atoms with E-state index in [1.165, 1.54) is 83.8 Å². The molecule has 2 nitrogen and oxygen atoms in total. The van der Waals surface area contributed by atoms with Gasteiger partial charge in [-0.15, -0.1) is 11.6 Å². The summed E-state index contributed by atoms with van der Waals surface area (Å²) in [6.45, 7) is 10.1. The number of hydrogen-bond donors (Lipinski definition) is 2. The van der Waals surface area contributed by atoms with Crippen molar-refractivity contribution in [2.75, 3.05) is 19.6 Å². The van der Waals surface area contributed by atoms with Gasteiger partial charge in [-0.25, -0.2) is 0 Å². The summed E-state index contributed by atoms with van der Waals surface area (Å²) in [4.78, 5) is 1.67. The van der Waals surface area contributed by atoms with Crippen molar-refractivity contribution in [3.63, 3.8) is 0 Å². The zero-order valence-corrected chi connectivity index (χ0v) is 17.3. The van der Waals surface area contributed by atoms with Crippen molar-refractivity contribution < 1.29 is 22.4 Å². The molecule has 0 aromatic rings. The molecule has 0 aromatic heterocycles. The summed E-state index contributed by atoms with van der Waals surface area (Å²) in [5, 5.41) is 9.56. The first-order valence-electron chi connectivity index (χ1n) is 9.75. The van der Waals surface area contributed by atoms with Crippen LogP contribution >= 0.6 is 11.6 Å². The molecule has 0 bridgehead atoms. The highest BCUT2D eigenvalue weighted by molar-refractivity contribution is 6.20. The normalized spacial score (nSPS) is 13.8. The van der Waals surface area contributed by atoms with Gasteiger partial charge in [0.05, 0.1) is 25.7 Å². The molecular formula is C19H41Cl2NO. The maximum absolute atomic E-state index is 9.18. The molecule has 0 saturated carbocycles. The third-order valence-corrected chi connectivity index (χ3v) is 5.14. The predicted octanol–water partition coefficient (Wildman–Crippen LogP) is 1.19. The second kappa shape index (κ2) is 18.8. The Morgan fingerprint density at radius 1 is 0.783 bits per heavy atom. The molecule has 0 spiro atoms. The van der Waals surface area contributed by atoms with Gasteiger partial charge in [0.15, 0.2) is 0 Å². The number of halogens is 2. The first kappa shape index (κ1) is 25.7. The van der Waals surface area contributed by atoms with Crippen molar-refractivity contribution in [1.82, 2.24) is 0 Å². The van der Waals surface area contributed by atoms with Crippen LogP contribution in [0.1, 0.15) is 91.4 Å². The van der Waals surface area contributed by atoms with Crippen LogP contribution in [0.5, 0.6) is 0 Å². The highest BCUT2D eigenvalue weighted by Crippen LogP contribution is 2.15. The number of alkyl halides is 1. The first-order valence-corrected chi connectivity index (χ1v) is 10.2. The molecule has 0 fully saturated rings. The van der Waals surface area contributed by atoms with Crippen LogP contribution in [-0.4, -0.2) is 36.2 Å². The van der Waals surface area contributed by atoms with Crippen LogP contribution in [0.25, 0.3) is 0 Å². The molecule has 0 aliphatic rings. The second-order valence-corrected chi connectivity index (χ2v) is 7.47. The topological polar surface area (TPSA) is 24.7 Å². The maximum atomic E-state index is 9.18. The molecule has 0 radical (unpaired) electrons. The van der Waals surface area contributed by atoms with Gasteiger partial charge in [-0.2, -0.15) is 0 Å². The molecule has 0 aliphatic carbocycles. The van der Waals surface area contributed by atoms with Crippen molar-refractivity contribution in [3.8, 4) is 0 Å². The fourth-order valence-corrected chi connectivity index (χ4v) is 3.24. The molecule has 0 aliphatic heterocycles. The molecular weight excluding hydrogens is 329 g/mol. The Bertz CT molecular complexity index is 223. The number of hydrogen-bond acceptors (Lipinski definition) is 1. The van der Waals surface area contributed by atoms with Gasteiger partial charge in [0.25, 0.3) is 0 Å². The maximum Gasteiger partial charge on any atom is 0.0785 e. The predicted molar refractivity (Wildman–Crippen MR) is 99.0 cm³/mol. The van der Waals surface area contributed by atoms with Gasteiger partial charge in [-0.05, 0) is 33.6 Å².